The van der Waals surface area contributed by atoms with Crippen molar-refractivity contribution in [3.8, 4) is 102 Å². The van der Waals surface area contributed by atoms with Gasteiger partial charge in [-0.2, -0.15) is 48.9 Å². The average molecular weight is 1920 g/mol. The topological polar surface area (TPSA) is 402 Å². The second-order valence-corrected chi connectivity index (χ2v) is 31.6. The number of benzene rings is 14. The number of nitrogens with zero attached hydrogens (tertiary/aromatic N) is 7. The molecule has 0 fully saturated rings. The maximum absolute atomic E-state index is 13.1. The zero-order chi connectivity index (χ0) is 96.6. The number of aromatic amines is 7. The fourth-order valence-corrected chi connectivity index (χ4v) is 15.4. The predicted molar refractivity (Wildman–Crippen MR) is 506 cm³/mol. The lowest BCUT2D eigenvalue weighted by molar-refractivity contribution is -0.137. The lowest BCUT2D eigenvalue weighted by atomic mass is 10.0. The molecule has 28 nitrogen and oxygen atoms in total. The Bertz CT molecular complexity index is 7770. The zero-order valence-corrected chi connectivity index (χ0v) is 73.7. The van der Waals surface area contributed by atoms with Crippen LogP contribution in [0.25, 0.3) is 155 Å². The number of halogens is 9. The van der Waals surface area contributed by atoms with Crippen molar-refractivity contribution in [3.63, 3.8) is 0 Å². The normalized spacial score (nSPS) is 11.6. The lowest BCUT2D eigenvalue weighted by Gasteiger charge is -2.06. The summed E-state index contributed by atoms with van der Waals surface area (Å²) in [7, 11) is 2.70. The predicted octanol–water partition coefficient (Wildman–Crippen LogP) is 24.1. The van der Waals surface area contributed by atoms with Crippen molar-refractivity contribution in [2.45, 2.75) is 6.18 Å². The van der Waals surface area contributed by atoms with Crippen LogP contribution in [0.2, 0.25) is 15.1 Å². The van der Waals surface area contributed by atoms with Crippen molar-refractivity contribution >= 4 is 141 Å². The molecule has 0 saturated heterocycles. The molecule has 7 aromatic heterocycles. The Morgan fingerprint density at radius 3 is 0.768 bits per heavy atom. The van der Waals surface area contributed by atoms with Crippen molar-refractivity contribution in [3.05, 3.63) is 351 Å². The first-order valence-electron chi connectivity index (χ1n) is 41.2. The molecular formula is C101H67Cl3F6N14O14. The summed E-state index contributed by atoms with van der Waals surface area (Å²) < 4.78 is 108. The van der Waals surface area contributed by atoms with Crippen LogP contribution < -0.4 is 18.9 Å². The van der Waals surface area contributed by atoms with Gasteiger partial charge in [0.1, 0.15) is 28.8 Å². The van der Waals surface area contributed by atoms with E-state index < -0.39 is 29.6 Å². The number of carboxylic acids is 3. The first-order chi connectivity index (χ1) is 66.6. The summed E-state index contributed by atoms with van der Waals surface area (Å²) >= 11 is 17.8. The van der Waals surface area contributed by atoms with Crippen LogP contribution in [0.15, 0.2) is 285 Å². The molecule has 21 aromatic rings. The van der Waals surface area contributed by atoms with Crippen LogP contribution in [-0.2, 0) is 15.7 Å². The van der Waals surface area contributed by atoms with Gasteiger partial charge in [0.15, 0.2) is 23.0 Å². The minimum Gasteiger partial charge on any atom is -0.478 e. The van der Waals surface area contributed by atoms with E-state index in [1.54, 1.807) is 115 Å². The van der Waals surface area contributed by atoms with Crippen LogP contribution in [0.4, 0.5) is 26.3 Å². The summed E-state index contributed by atoms with van der Waals surface area (Å²) in [6, 6.07) is 78.0. The maximum atomic E-state index is 13.1. The molecule has 9 heterocycles. The maximum Gasteiger partial charge on any atom is 0.416 e. The number of H-pyrrole nitrogens is 7. The molecule has 2 aliphatic heterocycles. The lowest BCUT2D eigenvalue weighted by Crippen LogP contribution is -2.04. The monoisotopic (exact) mass is 1920 g/mol. The highest BCUT2D eigenvalue weighted by molar-refractivity contribution is 6.32. The third-order valence-electron chi connectivity index (χ3n) is 21.7. The number of carboxylic acid groups (broad SMARTS) is 3. The van der Waals surface area contributed by atoms with E-state index in [0.29, 0.717) is 70.8 Å². The van der Waals surface area contributed by atoms with Gasteiger partial charge >= 0.3 is 36.0 Å². The number of nitrogens with one attached hydrogen (secondary N) is 7. The van der Waals surface area contributed by atoms with E-state index in [1.165, 1.54) is 80.9 Å². The van der Waals surface area contributed by atoms with Crippen LogP contribution >= 0.6 is 34.8 Å². The van der Waals surface area contributed by atoms with Crippen molar-refractivity contribution in [1.29, 1.82) is 0 Å². The second kappa shape index (κ2) is 40.0. The molecule has 37 heteroatoms. The van der Waals surface area contributed by atoms with Crippen molar-refractivity contribution in [2.75, 3.05) is 27.8 Å². The van der Waals surface area contributed by atoms with Crippen LogP contribution in [0.1, 0.15) is 57.4 Å². The number of carbonyl (C=O) groups excluding carboxylic acids is 2. The summed E-state index contributed by atoms with van der Waals surface area (Å²) in [6.45, 7) is 0.515. The molecule has 0 unspecified atom stereocenters. The molecule has 138 heavy (non-hydrogen) atoms. The van der Waals surface area contributed by atoms with Crippen LogP contribution in [0.3, 0.4) is 0 Å². The number of aromatic nitrogens is 14. The van der Waals surface area contributed by atoms with Gasteiger partial charge in [0.25, 0.3) is 0 Å². The van der Waals surface area contributed by atoms with E-state index in [4.69, 9.17) is 69.1 Å². The van der Waals surface area contributed by atoms with Crippen molar-refractivity contribution in [2.24, 2.45) is 0 Å². The molecule has 0 amide bonds. The molecule has 14 aromatic carbocycles. The number of aromatic carboxylic acids is 3. The zero-order valence-electron chi connectivity index (χ0n) is 71.4. The minimum absolute atomic E-state index is 0.128. The van der Waals surface area contributed by atoms with Gasteiger partial charge in [-0.1, -0.05) is 95.5 Å². The molecule has 0 aliphatic carbocycles. The molecule has 10 N–H and O–H groups in total. The van der Waals surface area contributed by atoms with E-state index >= 15 is 0 Å². The summed E-state index contributed by atoms with van der Waals surface area (Å²) in [5.74, 6) is -1.66. The molecule has 23 rings (SSSR count). The molecule has 688 valence electrons. The molecule has 0 saturated carbocycles. The number of esters is 2. The minimum atomic E-state index is -4.41. The highest BCUT2D eigenvalue weighted by Crippen LogP contribution is 2.42. The van der Waals surface area contributed by atoms with E-state index in [2.05, 4.69) is 80.9 Å². The number of rotatable bonds is 12. The summed E-state index contributed by atoms with van der Waals surface area (Å²) in [6.07, 6.45) is -4.41. The highest BCUT2D eigenvalue weighted by Gasteiger charge is 2.31. The summed E-state index contributed by atoms with van der Waals surface area (Å²) in [4.78, 5) is 55.2. The number of methoxy groups -OCH3 is 2. The molecular weight excluding hydrogens is 1850 g/mol. The van der Waals surface area contributed by atoms with E-state index in [1.807, 2.05) is 91.0 Å². The largest absolute Gasteiger partial charge is 0.478 e. The Labute approximate surface area is 788 Å². The van der Waals surface area contributed by atoms with Gasteiger partial charge in [-0.05, 0) is 224 Å². The Morgan fingerprint density at radius 1 is 0.283 bits per heavy atom. The summed E-state index contributed by atoms with van der Waals surface area (Å²) in [5, 5.41) is 83.9. The van der Waals surface area contributed by atoms with Crippen LogP contribution in [-0.4, -0.2) is 144 Å². The Kier molecular flexibility index (Phi) is 26.8. The number of alkyl halides is 3. The van der Waals surface area contributed by atoms with Gasteiger partial charge in [-0.25, -0.2) is 37.1 Å². The first-order valence-corrected chi connectivity index (χ1v) is 42.4. The molecule has 0 atom stereocenters. The number of fused-ring (bicyclic) bond motifs is 9. The SMILES string of the molecule is COC(=O)c1ccc(-c2n[nH]c3cc(Cl)ccc23)cc1.COC(=O)c1ccc(-c2n[nH]c3cc(F)ccc23)cc1.Clc1ccc2c(-c3ccc4c(c3)OCO4)n[nH]c2c1.Fc1ccc2c(-c3ccc4c(c3)OCO4)n[nH]c2c1.O=C(O)c1ccc(-c2n[nH]c3cc(C(F)(F)F)ccc23)cc1.O=C(O)c1ccc(-c2n[nH]c3cc(Cl)ccc23)cc1.O=C(O)c1ccc(-c2n[nH]c3cc(F)ccc23)cc1. The Hall–Kier alpha value is -17.6. The molecule has 0 bridgehead atoms. The third-order valence-corrected chi connectivity index (χ3v) is 22.4. The average Bonchev–Trinajstić information content (AvgIpc) is 1.64. The van der Waals surface area contributed by atoms with Crippen LogP contribution in [0.5, 0.6) is 23.0 Å². The fraction of sp³-hybridized carbons (Fsp3) is 0.0495. The van der Waals surface area contributed by atoms with Crippen LogP contribution in [0, 0.1) is 17.5 Å². The van der Waals surface area contributed by atoms with Crippen molar-refractivity contribution in [1.82, 2.24) is 71.4 Å². The first kappa shape index (κ1) is 92.2. The van der Waals surface area contributed by atoms with E-state index in [9.17, 15) is 50.3 Å². The fourth-order valence-electron chi connectivity index (χ4n) is 14.9. The summed E-state index contributed by atoms with van der Waals surface area (Å²) in [5.41, 5.74) is 16.7. The third kappa shape index (κ3) is 20.5. The van der Waals surface area contributed by atoms with Gasteiger partial charge in [-0.15, -0.1) is 0 Å². The van der Waals surface area contributed by atoms with E-state index in [0.717, 1.165) is 140 Å². The van der Waals surface area contributed by atoms with Gasteiger partial charge < -0.3 is 43.7 Å². The standard InChI is InChI=1S/C15H11ClN2O2.C15H9F3N2O2.C15H11FN2O2.2C14H9ClN2O2.2C14H9FN2O2/c1-20-15(19)10-4-2-9(3-5-10)14-12-7-6-11(16)8-13(12)17-18-14;16-15(17,18)10-5-6-11-12(7-10)19-20-13(11)8-1-3-9(4-2-8)14(21)22;1-20-15(19)10-4-2-9(3-5-10)14-12-7-6-11(16)8-13(12)17-18-14;15-9-2-3-10-11(6-9)16-17-14(10)8-1-4-12-13(5-8)19-7-18-12;15-10-5-6-11-12(7-10)16-17-13(11)8-1-3-9(4-2-8)14(18)19;15-9-2-3-10-11(6-9)16-17-14(10)8-1-4-12-13(5-8)19-7-18-12;15-10-5-6-11-12(7-10)16-17-13(11)8-1-3-9(4-2-8)14(18)19/h2-8H,1H3,(H,17,18);1-7H,(H,19,20)(H,21,22);2-8H,1H3,(H,17,18);1-6H,7H2,(H,16,17);1-7H,(H,16,17)(H,18,19);1-6H,7H2,(H,16,17);1-7H,(H,16,17)(H,18,19). The van der Waals surface area contributed by atoms with Gasteiger partial charge in [0.05, 0.1) is 115 Å². The van der Waals surface area contributed by atoms with Gasteiger partial charge in [-0.3, -0.25) is 35.7 Å². The number of hydrogen-bond acceptors (Lipinski definition) is 18. The number of ether oxygens (including phenoxy) is 6. The Morgan fingerprint density at radius 2 is 0.507 bits per heavy atom. The van der Waals surface area contributed by atoms with Crippen molar-refractivity contribution < 1.29 is 94.1 Å². The van der Waals surface area contributed by atoms with E-state index in [-0.39, 0.29) is 65.2 Å². The second-order valence-electron chi connectivity index (χ2n) is 30.3. The Balaban J connectivity index is 0.000000111. The van der Waals surface area contributed by atoms with Gasteiger partial charge in [0.2, 0.25) is 13.6 Å². The number of hydrogen-bond donors (Lipinski definition) is 10. The quantitative estimate of drug-likeness (QED) is 0.0401. The molecule has 2 aliphatic rings. The highest BCUT2D eigenvalue weighted by atomic mass is 35.5. The van der Waals surface area contributed by atoms with Gasteiger partial charge in [0, 0.05) is 91.7 Å². The number of carbonyl (C=O) groups is 5. The molecule has 0 spiro atoms. The molecule has 0 radical (unpaired) electrons. The smallest absolute Gasteiger partial charge is 0.416 e.